The van der Waals surface area contributed by atoms with Gasteiger partial charge in [0.1, 0.15) is 5.01 Å². The fraction of sp³-hybridized carbons (Fsp3) is 0.786. The molecule has 5 heteroatoms. The van der Waals surface area contributed by atoms with Crippen molar-refractivity contribution in [1.82, 2.24) is 15.2 Å². The summed E-state index contributed by atoms with van der Waals surface area (Å²) < 4.78 is 5.56. The Hall–Kier alpha value is -0.490. The molecule has 0 saturated heterocycles. The summed E-state index contributed by atoms with van der Waals surface area (Å²) >= 11 is 1.76. The van der Waals surface area contributed by atoms with Crippen LogP contribution in [-0.2, 0) is 17.8 Å². The van der Waals surface area contributed by atoms with Crippen LogP contribution in [0.4, 0.5) is 0 Å². The molecular weight excluding hydrogens is 258 g/mol. The average Bonchev–Trinajstić information content (AvgIpc) is 3.07. The SMILES string of the molecule is CC(C)OCCN(C)Cc1csc(CNC2CC2)n1. The maximum Gasteiger partial charge on any atom is 0.107 e. The van der Waals surface area contributed by atoms with Crippen molar-refractivity contribution in [2.24, 2.45) is 0 Å². The summed E-state index contributed by atoms with van der Waals surface area (Å²) in [6, 6.07) is 0.753. The van der Waals surface area contributed by atoms with Crippen molar-refractivity contribution in [3.8, 4) is 0 Å². The standard InChI is InChI=1S/C14H25N3OS/c1-11(2)18-7-6-17(3)9-13-10-19-14(16-13)8-15-12-4-5-12/h10-12,15H,4-9H2,1-3H3. The summed E-state index contributed by atoms with van der Waals surface area (Å²) in [5.74, 6) is 0. The fourth-order valence-corrected chi connectivity index (χ4v) is 2.56. The predicted octanol–water partition coefficient (Wildman–Crippen LogP) is 2.25. The molecule has 0 spiro atoms. The molecule has 0 aliphatic heterocycles. The number of nitrogens with zero attached hydrogens (tertiary/aromatic N) is 2. The highest BCUT2D eigenvalue weighted by molar-refractivity contribution is 7.09. The van der Waals surface area contributed by atoms with Gasteiger partial charge >= 0.3 is 0 Å². The van der Waals surface area contributed by atoms with Crippen molar-refractivity contribution in [2.45, 2.75) is 51.9 Å². The number of likely N-dealkylation sites (N-methyl/N-ethyl adjacent to an activating group) is 1. The van der Waals surface area contributed by atoms with Gasteiger partial charge in [0, 0.05) is 31.1 Å². The molecule has 108 valence electrons. The molecule has 1 saturated carbocycles. The Morgan fingerprint density at radius 1 is 1.53 bits per heavy atom. The lowest BCUT2D eigenvalue weighted by atomic mass is 10.4. The molecule has 1 aromatic rings. The van der Waals surface area contributed by atoms with Crippen LogP contribution in [0.15, 0.2) is 5.38 Å². The number of ether oxygens (including phenoxy) is 1. The summed E-state index contributed by atoms with van der Waals surface area (Å²) in [5, 5.41) is 6.87. The Morgan fingerprint density at radius 2 is 2.32 bits per heavy atom. The van der Waals surface area contributed by atoms with Crippen molar-refractivity contribution in [2.75, 3.05) is 20.2 Å². The van der Waals surface area contributed by atoms with Crippen LogP contribution in [0.25, 0.3) is 0 Å². The first-order chi connectivity index (χ1) is 9.13. The topological polar surface area (TPSA) is 37.4 Å². The number of aromatic nitrogens is 1. The molecule has 19 heavy (non-hydrogen) atoms. The highest BCUT2D eigenvalue weighted by Gasteiger charge is 2.20. The first kappa shape index (κ1) is 14.9. The molecule has 1 aliphatic carbocycles. The molecule has 0 atom stereocenters. The van der Waals surface area contributed by atoms with Gasteiger partial charge < -0.3 is 10.1 Å². The van der Waals surface area contributed by atoms with Crippen molar-refractivity contribution >= 4 is 11.3 Å². The molecule has 0 aromatic carbocycles. The first-order valence-corrected chi connectivity index (χ1v) is 7.98. The van der Waals surface area contributed by atoms with E-state index in [9.17, 15) is 0 Å². The minimum atomic E-state index is 0.313. The number of hydrogen-bond acceptors (Lipinski definition) is 5. The summed E-state index contributed by atoms with van der Waals surface area (Å²) in [4.78, 5) is 6.93. The molecule has 1 heterocycles. The van der Waals surface area contributed by atoms with Gasteiger partial charge in [-0.2, -0.15) is 0 Å². The Morgan fingerprint density at radius 3 is 3.00 bits per heavy atom. The minimum Gasteiger partial charge on any atom is -0.377 e. The first-order valence-electron chi connectivity index (χ1n) is 7.10. The quantitative estimate of drug-likeness (QED) is 0.754. The second-order valence-corrected chi connectivity index (χ2v) is 6.49. The number of thiazole rings is 1. The van der Waals surface area contributed by atoms with Gasteiger partial charge in [-0.15, -0.1) is 11.3 Å². The van der Waals surface area contributed by atoms with E-state index in [1.54, 1.807) is 11.3 Å². The highest BCUT2D eigenvalue weighted by Crippen LogP contribution is 2.20. The second kappa shape index (κ2) is 7.33. The van der Waals surface area contributed by atoms with Crippen LogP contribution in [0.2, 0.25) is 0 Å². The van der Waals surface area contributed by atoms with Gasteiger partial charge in [-0.05, 0) is 33.7 Å². The molecule has 0 amide bonds. The monoisotopic (exact) mass is 283 g/mol. The van der Waals surface area contributed by atoms with Crippen molar-refractivity contribution < 1.29 is 4.74 Å². The largest absolute Gasteiger partial charge is 0.377 e. The smallest absolute Gasteiger partial charge is 0.107 e. The molecular formula is C14H25N3OS. The molecule has 1 aromatic heterocycles. The van der Waals surface area contributed by atoms with Crippen molar-refractivity contribution in [3.05, 3.63) is 16.1 Å². The lowest BCUT2D eigenvalue weighted by molar-refractivity contribution is 0.0625. The Bertz CT molecular complexity index is 377. The van der Waals surface area contributed by atoms with Gasteiger partial charge in [0.2, 0.25) is 0 Å². The maximum atomic E-state index is 5.56. The third kappa shape index (κ3) is 5.99. The molecule has 0 bridgehead atoms. The van der Waals surface area contributed by atoms with Gasteiger partial charge in [0.05, 0.1) is 18.4 Å². The van der Waals surface area contributed by atoms with E-state index in [1.165, 1.54) is 23.5 Å². The van der Waals surface area contributed by atoms with Crippen LogP contribution in [-0.4, -0.2) is 42.2 Å². The number of rotatable bonds is 9. The van der Waals surface area contributed by atoms with E-state index in [1.807, 2.05) is 0 Å². The number of hydrogen-bond donors (Lipinski definition) is 1. The van der Waals surface area contributed by atoms with Crippen molar-refractivity contribution in [1.29, 1.82) is 0 Å². The Kier molecular flexibility index (Phi) is 5.76. The predicted molar refractivity (Wildman–Crippen MR) is 79.4 cm³/mol. The summed E-state index contributed by atoms with van der Waals surface area (Å²) in [6.45, 7) is 7.70. The van der Waals surface area contributed by atoms with Crippen LogP contribution in [0.5, 0.6) is 0 Å². The van der Waals surface area contributed by atoms with Gasteiger partial charge in [0.15, 0.2) is 0 Å². The van der Waals surface area contributed by atoms with Gasteiger partial charge in [-0.3, -0.25) is 4.90 Å². The van der Waals surface area contributed by atoms with Crippen LogP contribution >= 0.6 is 11.3 Å². The van der Waals surface area contributed by atoms with Crippen LogP contribution < -0.4 is 5.32 Å². The number of nitrogens with one attached hydrogen (secondary N) is 1. The van der Waals surface area contributed by atoms with E-state index < -0.39 is 0 Å². The minimum absolute atomic E-state index is 0.313. The van der Waals surface area contributed by atoms with Crippen LogP contribution in [0.1, 0.15) is 37.4 Å². The lowest BCUT2D eigenvalue weighted by Crippen LogP contribution is -2.24. The zero-order valence-electron chi connectivity index (χ0n) is 12.2. The third-order valence-electron chi connectivity index (χ3n) is 3.07. The zero-order chi connectivity index (χ0) is 13.7. The lowest BCUT2D eigenvalue weighted by Gasteiger charge is -2.16. The fourth-order valence-electron chi connectivity index (χ4n) is 1.82. The second-order valence-electron chi connectivity index (χ2n) is 5.55. The Labute approximate surface area is 120 Å². The normalized spacial score (nSPS) is 15.6. The van der Waals surface area contributed by atoms with Gasteiger partial charge in [0.25, 0.3) is 0 Å². The molecule has 1 fully saturated rings. The molecule has 4 nitrogen and oxygen atoms in total. The third-order valence-corrected chi connectivity index (χ3v) is 3.97. The average molecular weight is 283 g/mol. The summed E-state index contributed by atoms with van der Waals surface area (Å²) in [6.07, 6.45) is 2.97. The molecule has 1 aliphatic rings. The van der Waals surface area contributed by atoms with E-state index in [4.69, 9.17) is 4.74 Å². The van der Waals surface area contributed by atoms with Crippen LogP contribution in [0.3, 0.4) is 0 Å². The van der Waals surface area contributed by atoms with E-state index >= 15 is 0 Å². The van der Waals surface area contributed by atoms with E-state index in [0.29, 0.717) is 6.10 Å². The summed E-state index contributed by atoms with van der Waals surface area (Å²) in [7, 11) is 2.12. The molecule has 1 N–H and O–H groups in total. The zero-order valence-corrected chi connectivity index (χ0v) is 13.0. The van der Waals surface area contributed by atoms with E-state index in [-0.39, 0.29) is 0 Å². The van der Waals surface area contributed by atoms with Crippen molar-refractivity contribution in [3.63, 3.8) is 0 Å². The van der Waals surface area contributed by atoms with Crippen LogP contribution in [0, 0.1) is 0 Å². The highest BCUT2D eigenvalue weighted by atomic mass is 32.1. The van der Waals surface area contributed by atoms with E-state index in [0.717, 1.165) is 32.3 Å². The molecule has 0 unspecified atom stereocenters. The van der Waals surface area contributed by atoms with Gasteiger partial charge in [-0.1, -0.05) is 0 Å². The molecule has 2 rings (SSSR count). The Balaban J connectivity index is 1.66. The van der Waals surface area contributed by atoms with E-state index in [2.05, 4.69) is 41.5 Å². The maximum absolute atomic E-state index is 5.56. The summed E-state index contributed by atoms with van der Waals surface area (Å²) in [5.41, 5.74) is 1.17. The van der Waals surface area contributed by atoms with Gasteiger partial charge in [-0.25, -0.2) is 4.98 Å². The molecule has 0 radical (unpaired) electrons.